The third-order valence-corrected chi connectivity index (χ3v) is 4.83. The fourth-order valence-corrected chi connectivity index (χ4v) is 3.38. The van der Waals surface area contributed by atoms with Crippen molar-refractivity contribution in [2.45, 2.75) is 18.9 Å². The second kappa shape index (κ2) is 8.37. The number of benzene rings is 1. The molecule has 0 amide bonds. The lowest BCUT2D eigenvalue weighted by Gasteiger charge is -2.13. The van der Waals surface area contributed by atoms with E-state index >= 15 is 0 Å². The number of aromatic nitrogens is 2. The fourth-order valence-electron chi connectivity index (χ4n) is 2.58. The molecule has 2 heterocycles. The Kier molecular flexibility index (Phi) is 5.95. The number of nitrogens with zero attached hydrogens (tertiary/aromatic N) is 3. The molecule has 0 bridgehead atoms. The van der Waals surface area contributed by atoms with Crippen LogP contribution in [0.5, 0.6) is 11.5 Å². The van der Waals surface area contributed by atoms with Gasteiger partial charge in [-0.05, 0) is 19.1 Å². The van der Waals surface area contributed by atoms with Gasteiger partial charge in [-0.15, -0.1) is 11.8 Å². The average molecular weight is 374 g/mol. The van der Waals surface area contributed by atoms with E-state index in [-0.39, 0.29) is 5.37 Å². The minimum absolute atomic E-state index is 0.231. The molecular weight excluding hydrogens is 352 g/mol. The molecule has 1 aromatic heterocycles. The number of hydrogen-bond acceptors (Lipinski definition) is 8. The highest BCUT2D eigenvalue weighted by molar-refractivity contribution is 8.00. The summed E-state index contributed by atoms with van der Waals surface area (Å²) in [4.78, 5) is 13.8. The highest BCUT2D eigenvalue weighted by Gasteiger charge is 2.19. The molecule has 1 aliphatic rings. The first-order chi connectivity index (χ1) is 12.6. The van der Waals surface area contributed by atoms with Crippen molar-refractivity contribution >= 4 is 29.0 Å². The zero-order valence-electron chi connectivity index (χ0n) is 15.3. The molecule has 138 valence electrons. The van der Waals surface area contributed by atoms with E-state index in [1.54, 1.807) is 33.1 Å². The van der Waals surface area contributed by atoms with E-state index < -0.39 is 0 Å². The van der Waals surface area contributed by atoms with Gasteiger partial charge in [-0.2, -0.15) is 0 Å². The van der Waals surface area contributed by atoms with Crippen LogP contribution in [0.1, 0.15) is 18.4 Å². The number of rotatable bonds is 7. The van der Waals surface area contributed by atoms with E-state index in [1.807, 2.05) is 24.3 Å². The minimum Gasteiger partial charge on any atom is -0.497 e. The Hall–Kier alpha value is -2.32. The van der Waals surface area contributed by atoms with E-state index in [4.69, 9.17) is 14.2 Å². The summed E-state index contributed by atoms with van der Waals surface area (Å²) in [6.45, 7) is 2.46. The molecular formula is C18H22N4O3S. The zero-order valence-corrected chi connectivity index (χ0v) is 16.1. The fraction of sp³-hybridized carbons (Fsp3) is 0.389. The summed E-state index contributed by atoms with van der Waals surface area (Å²) in [5.41, 5.74) is 2.45. The number of methoxy groups -OCH3 is 3. The van der Waals surface area contributed by atoms with Gasteiger partial charge in [0, 0.05) is 25.0 Å². The summed E-state index contributed by atoms with van der Waals surface area (Å²) < 4.78 is 16.0. The maximum atomic E-state index is 5.43. The first-order valence-electron chi connectivity index (χ1n) is 8.17. The van der Waals surface area contributed by atoms with E-state index in [0.29, 0.717) is 24.0 Å². The van der Waals surface area contributed by atoms with Crippen LogP contribution in [0, 0.1) is 0 Å². The Morgan fingerprint density at radius 3 is 2.65 bits per heavy atom. The van der Waals surface area contributed by atoms with Crippen LogP contribution in [-0.4, -0.2) is 48.1 Å². The monoisotopic (exact) mass is 374 g/mol. The van der Waals surface area contributed by atoms with Gasteiger partial charge in [-0.3, -0.25) is 4.99 Å². The molecule has 7 nitrogen and oxygen atoms in total. The van der Waals surface area contributed by atoms with Crippen LogP contribution >= 0.6 is 11.8 Å². The minimum atomic E-state index is 0.231. The topological polar surface area (TPSA) is 77.9 Å². The van der Waals surface area contributed by atoms with Crippen molar-refractivity contribution < 1.29 is 14.2 Å². The number of anilines is 2. The summed E-state index contributed by atoms with van der Waals surface area (Å²) in [7, 11) is 4.90. The van der Waals surface area contributed by atoms with Crippen molar-refractivity contribution in [3.63, 3.8) is 0 Å². The van der Waals surface area contributed by atoms with Crippen LogP contribution in [0.15, 0.2) is 29.3 Å². The molecule has 0 fully saturated rings. The molecule has 1 atom stereocenters. The van der Waals surface area contributed by atoms with Gasteiger partial charge in [0.05, 0.1) is 43.3 Å². The van der Waals surface area contributed by atoms with Crippen LogP contribution in [0.25, 0.3) is 0 Å². The third-order valence-electron chi connectivity index (χ3n) is 3.80. The molecule has 0 saturated heterocycles. The molecule has 26 heavy (non-hydrogen) atoms. The lowest BCUT2D eigenvalue weighted by molar-refractivity contribution is 0.181. The van der Waals surface area contributed by atoms with Crippen molar-refractivity contribution in [3.05, 3.63) is 35.8 Å². The van der Waals surface area contributed by atoms with Gasteiger partial charge in [0.25, 0.3) is 0 Å². The van der Waals surface area contributed by atoms with Crippen LogP contribution in [0.2, 0.25) is 0 Å². The Morgan fingerprint density at radius 2 is 2.00 bits per heavy atom. The summed E-state index contributed by atoms with van der Waals surface area (Å²) >= 11 is 1.77. The molecule has 1 aliphatic heterocycles. The number of thioether (sulfide) groups is 1. The van der Waals surface area contributed by atoms with Gasteiger partial charge in [0.15, 0.2) is 5.82 Å². The maximum Gasteiger partial charge on any atom is 0.176 e. The van der Waals surface area contributed by atoms with Gasteiger partial charge in [-0.1, -0.05) is 0 Å². The average Bonchev–Trinajstić information content (AvgIpc) is 3.08. The highest BCUT2D eigenvalue weighted by atomic mass is 32.2. The number of nitrogens with one attached hydrogen (secondary N) is 1. The number of ether oxygens (including phenoxy) is 3. The molecule has 0 aliphatic carbocycles. The van der Waals surface area contributed by atoms with Crippen molar-refractivity contribution in [1.29, 1.82) is 0 Å². The van der Waals surface area contributed by atoms with E-state index in [0.717, 1.165) is 28.6 Å². The van der Waals surface area contributed by atoms with Crippen molar-refractivity contribution in [3.8, 4) is 11.5 Å². The lowest BCUT2D eigenvalue weighted by Crippen LogP contribution is -2.11. The Labute approximate surface area is 157 Å². The number of hydrogen-bond donors (Lipinski definition) is 1. The Morgan fingerprint density at radius 1 is 1.15 bits per heavy atom. The second-order valence-corrected chi connectivity index (χ2v) is 6.98. The Balaban J connectivity index is 1.96. The van der Waals surface area contributed by atoms with Gasteiger partial charge >= 0.3 is 0 Å². The zero-order chi connectivity index (χ0) is 18.5. The van der Waals surface area contributed by atoms with Crippen LogP contribution in [0.3, 0.4) is 0 Å². The van der Waals surface area contributed by atoms with Crippen molar-refractivity contribution in [1.82, 2.24) is 9.97 Å². The van der Waals surface area contributed by atoms with E-state index in [1.165, 1.54) is 0 Å². The molecule has 1 unspecified atom stereocenters. The molecule has 2 aromatic rings. The molecule has 1 aromatic carbocycles. The molecule has 0 radical (unpaired) electrons. The summed E-state index contributed by atoms with van der Waals surface area (Å²) in [6, 6.07) is 7.41. The molecule has 3 rings (SSSR count). The van der Waals surface area contributed by atoms with Crippen LogP contribution in [0.4, 0.5) is 11.5 Å². The normalized spacial score (nSPS) is 16.3. The Bertz CT molecular complexity index is 813. The standard InChI is InChI=1S/C18H22N4O3S/c1-11-19-15(10-26-11)18-20-12(9-23-2)7-17(22-18)21-14-8-13(24-3)5-6-16(14)25-4/h5-8,11H,9-10H2,1-4H3,(H,20,21,22). The summed E-state index contributed by atoms with van der Waals surface area (Å²) in [5.74, 6) is 3.51. The van der Waals surface area contributed by atoms with Crippen molar-refractivity contribution in [2.75, 3.05) is 32.4 Å². The van der Waals surface area contributed by atoms with Gasteiger partial charge in [0.2, 0.25) is 0 Å². The smallest absolute Gasteiger partial charge is 0.176 e. The molecule has 0 spiro atoms. The van der Waals surface area contributed by atoms with Gasteiger partial charge < -0.3 is 19.5 Å². The van der Waals surface area contributed by atoms with Crippen molar-refractivity contribution in [2.24, 2.45) is 4.99 Å². The molecule has 8 heteroatoms. The SMILES string of the molecule is COCc1cc(Nc2cc(OC)ccc2OC)nc(C2=NC(C)SC2)n1. The molecule has 1 N–H and O–H groups in total. The predicted molar refractivity (Wildman–Crippen MR) is 104 cm³/mol. The van der Waals surface area contributed by atoms with E-state index in [9.17, 15) is 0 Å². The number of aliphatic imine (C=N–C) groups is 1. The lowest BCUT2D eigenvalue weighted by atomic mass is 10.2. The first-order valence-corrected chi connectivity index (χ1v) is 9.22. The largest absolute Gasteiger partial charge is 0.497 e. The van der Waals surface area contributed by atoms with Gasteiger partial charge in [-0.25, -0.2) is 9.97 Å². The summed E-state index contributed by atoms with van der Waals surface area (Å²) in [6.07, 6.45) is 0. The maximum absolute atomic E-state index is 5.43. The predicted octanol–water partition coefficient (Wildman–Crippen LogP) is 3.27. The highest BCUT2D eigenvalue weighted by Crippen LogP contribution is 2.31. The first kappa shape index (κ1) is 18.5. The van der Waals surface area contributed by atoms with E-state index in [2.05, 4.69) is 27.2 Å². The third kappa shape index (κ3) is 4.25. The quantitative estimate of drug-likeness (QED) is 0.797. The molecule has 0 saturated carbocycles. The van der Waals surface area contributed by atoms with Gasteiger partial charge in [0.1, 0.15) is 17.3 Å². The summed E-state index contributed by atoms with van der Waals surface area (Å²) in [5, 5.41) is 3.53. The second-order valence-electron chi connectivity index (χ2n) is 5.68. The van der Waals surface area contributed by atoms with Crippen LogP contribution < -0.4 is 14.8 Å². The van der Waals surface area contributed by atoms with Crippen LogP contribution in [-0.2, 0) is 11.3 Å².